The zero-order valence-electron chi connectivity index (χ0n) is 11.7. The minimum absolute atomic E-state index is 0.359. The summed E-state index contributed by atoms with van der Waals surface area (Å²) >= 11 is 0. The van der Waals surface area contributed by atoms with E-state index in [1.165, 1.54) is 5.56 Å². The minimum Gasteiger partial charge on any atom is -0.497 e. The molecule has 17 heavy (non-hydrogen) atoms. The summed E-state index contributed by atoms with van der Waals surface area (Å²) in [7, 11) is 1.71. The highest BCUT2D eigenvalue weighted by atomic mass is 16.5. The quantitative estimate of drug-likeness (QED) is 0.810. The van der Waals surface area contributed by atoms with Crippen molar-refractivity contribution < 1.29 is 4.74 Å². The molecule has 1 rings (SSSR count). The predicted octanol–water partition coefficient (Wildman–Crippen LogP) is 3.78. The average molecular weight is 235 g/mol. The fourth-order valence-electron chi connectivity index (χ4n) is 2.11. The van der Waals surface area contributed by atoms with E-state index in [1.807, 2.05) is 12.1 Å². The number of benzene rings is 1. The monoisotopic (exact) mass is 235 g/mol. The van der Waals surface area contributed by atoms with E-state index in [0.717, 1.165) is 12.2 Å². The number of hydrogen-bond acceptors (Lipinski definition) is 2. The van der Waals surface area contributed by atoms with Gasteiger partial charge in [-0.15, -0.1) is 0 Å². The summed E-state index contributed by atoms with van der Waals surface area (Å²) in [6.07, 6.45) is 1.16. The molecule has 0 aliphatic heterocycles. The Hall–Kier alpha value is -1.02. The lowest BCUT2D eigenvalue weighted by Crippen LogP contribution is -2.35. The SMILES string of the molecule is CCC(N[C@@H](C)c1cccc(OC)c1)C(C)C. The molecule has 0 saturated carbocycles. The molecule has 0 fully saturated rings. The topological polar surface area (TPSA) is 21.3 Å². The lowest BCUT2D eigenvalue weighted by atomic mass is 9.99. The van der Waals surface area contributed by atoms with Crippen LogP contribution in [-0.4, -0.2) is 13.2 Å². The highest BCUT2D eigenvalue weighted by molar-refractivity contribution is 5.30. The van der Waals surface area contributed by atoms with E-state index in [-0.39, 0.29) is 0 Å². The van der Waals surface area contributed by atoms with Crippen LogP contribution in [-0.2, 0) is 0 Å². The van der Waals surface area contributed by atoms with Crippen LogP contribution >= 0.6 is 0 Å². The summed E-state index contributed by atoms with van der Waals surface area (Å²) in [5.74, 6) is 1.59. The Morgan fingerprint density at radius 1 is 1.24 bits per heavy atom. The van der Waals surface area contributed by atoms with Gasteiger partial charge in [0.2, 0.25) is 0 Å². The largest absolute Gasteiger partial charge is 0.497 e. The summed E-state index contributed by atoms with van der Waals surface area (Å²) in [6.45, 7) is 8.97. The smallest absolute Gasteiger partial charge is 0.119 e. The van der Waals surface area contributed by atoms with Gasteiger partial charge in [0.15, 0.2) is 0 Å². The van der Waals surface area contributed by atoms with Crippen molar-refractivity contribution >= 4 is 0 Å². The fourth-order valence-corrected chi connectivity index (χ4v) is 2.11. The van der Waals surface area contributed by atoms with Crippen LogP contribution in [0.15, 0.2) is 24.3 Å². The normalized spacial score (nSPS) is 14.7. The highest BCUT2D eigenvalue weighted by Gasteiger charge is 2.15. The molecule has 0 aliphatic carbocycles. The van der Waals surface area contributed by atoms with Crippen molar-refractivity contribution in [2.24, 2.45) is 5.92 Å². The first-order chi connectivity index (χ1) is 8.08. The average Bonchev–Trinajstić information content (AvgIpc) is 2.35. The van der Waals surface area contributed by atoms with Gasteiger partial charge in [0.1, 0.15) is 5.75 Å². The van der Waals surface area contributed by atoms with E-state index >= 15 is 0 Å². The van der Waals surface area contributed by atoms with E-state index in [1.54, 1.807) is 7.11 Å². The van der Waals surface area contributed by atoms with Gasteiger partial charge in [-0.3, -0.25) is 0 Å². The van der Waals surface area contributed by atoms with E-state index in [4.69, 9.17) is 4.74 Å². The maximum atomic E-state index is 5.26. The van der Waals surface area contributed by atoms with Crippen LogP contribution in [0.4, 0.5) is 0 Å². The molecule has 2 atom stereocenters. The first-order valence-electron chi connectivity index (χ1n) is 6.48. The molecule has 0 aromatic heterocycles. The third kappa shape index (κ3) is 4.04. The zero-order chi connectivity index (χ0) is 12.8. The Labute approximate surface area is 105 Å². The van der Waals surface area contributed by atoms with Crippen molar-refractivity contribution in [2.75, 3.05) is 7.11 Å². The summed E-state index contributed by atoms with van der Waals surface area (Å²) in [5.41, 5.74) is 1.28. The highest BCUT2D eigenvalue weighted by Crippen LogP contribution is 2.20. The van der Waals surface area contributed by atoms with Crippen molar-refractivity contribution in [3.05, 3.63) is 29.8 Å². The van der Waals surface area contributed by atoms with Crippen LogP contribution in [0.2, 0.25) is 0 Å². The van der Waals surface area contributed by atoms with Crippen molar-refractivity contribution in [2.45, 2.75) is 46.2 Å². The maximum absolute atomic E-state index is 5.26. The van der Waals surface area contributed by atoms with Gasteiger partial charge in [-0.05, 0) is 37.0 Å². The molecule has 0 aliphatic rings. The Balaban J connectivity index is 2.71. The first-order valence-corrected chi connectivity index (χ1v) is 6.48. The fraction of sp³-hybridized carbons (Fsp3) is 0.600. The van der Waals surface area contributed by atoms with Gasteiger partial charge < -0.3 is 10.1 Å². The lowest BCUT2D eigenvalue weighted by Gasteiger charge is -2.25. The molecule has 0 saturated heterocycles. The lowest BCUT2D eigenvalue weighted by molar-refractivity contribution is 0.354. The zero-order valence-corrected chi connectivity index (χ0v) is 11.7. The van der Waals surface area contributed by atoms with Crippen LogP contribution in [0.5, 0.6) is 5.75 Å². The summed E-state index contributed by atoms with van der Waals surface area (Å²) in [6, 6.07) is 9.20. The Bertz CT molecular complexity index is 335. The second-order valence-corrected chi connectivity index (χ2v) is 4.92. The number of rotatable bonds is 6. The third-order valence-corrected chi connectivity index (χ3v) is 3.30. The van der Waals surface area contributed by atoms with Gasteiger partial charge in [-0.25, -0.2) is 0 Å². The molecule has 0 bridgehead atoms. The van der Waals surface area contributed by atoms with Crippen molar-refractivity contribution in [3.8, 4) is 5.75 Å². The van der Waals surface area contributed by atoms with Crippen molar-refractivity contribution in [3.63, 3.8) is 0 Å². The minimum atomic E-state index is 0.359. The summed E-state index contributed by atoms with van der Waals surface area (Å²) in [4.78, 5) is 0. The van der Waals surface area contributed by atoms with E-state index < -0.39 is 0 Å². The van der Waals surface area contributed by atoms with Crippen LogP contribution in [0.25, 0.3) is 0 Å². The second-order valence-electron chi connectivity index (χ2n) is 4.92. The molecule has 1 aromatic carbocycles. The first kappa shape index (κ1) is 14.0. The Morgan fingerprint density at radius 3 is 2.47 bits per heavy atom. The van der Waals surface area contributed by atoms with Gasteiger partial charge in [-0.1, -0.05) is 32.9 Å². The number of ether oxygens (including phenoxy) is 1. The van der Waals surface area contributed by atoms with Gasteiger partial charge in [0.05, 0.1) is 7.11 Å². The number of methoxy groups -OCH3 is 1. The number of hydrogen-bond donors (Lipinski definition) is 1. The molecule has 1 aromatic rings. The molecule has 0 radical (unpaired) electrons. The molecule has 1 N–H and O–H groups in total. The van der Waals surface area contributed by atoms with E-state index in [9.17, 15) is 0 Å². The van der Waals surface area contributed by atoms with E-state index in [2.05, 4.69) is 45.1 Å². The van der Waals surface area contributed by atoms with Crippen LogP contribution in [0.1, 0.15) is 45.7 Å². The maximum Gasteiger partial charge on any atom is 0.119 e. The molecule has 0 amide bonds. The number of nitrogens with one attached hydrogen (secondary N) is 1. The molecule has 0 spiro atoms. The van der Waals surface area contributed by atoms with Crippen molar-refractivity contribution in [1.29, 1.82) is 0 Å². The van der Waals surface area contributed by atoms with Crippen LogP contribution in [0, 0.1) is 5.92 Å². The second kappa shape index (κ2) is 6.65. The van der Waals surface area contributed by atoms with Gasteiger partial charge in [-0.2, -0.15) is 0 Å². The Morgan fingerprint density at radius 2 is 1.94 bits per heavy atom. The van der Waals surface area contributed by atoms with Gasteiger partial charge >= 0.3 is 0 Å². The predicted molar refractivity (Wildman–Crippen MR) is 73.5 cm³/mol. The van der Waals surface area contributed by atoms with Crippen LogP contribution < -0.4 is 10.1 Å². The molecule has 2 nitrogen and oxygen atoms in total. The summed E-state index contributed by atoms with van der Waals surface area (Å²) < 4.78 is 5.26. The Kier molecular flexibility index (Phi) is 5.49. The molecular formula is C15H25NO. The molecular weight excluding hydrogens is 210 g/mol. The van der Waals surface area contributed by atoms with Crippen LogP contribution in [0.3, 0.4) is 0 Å². The summed E-state index contributed by atoms with van der Waals surface area (Å²) in [5, 5.41) is 3.68. The molecule has 2 heteroatoms. The van der Waals surface area contributed by atoms with Gasteiger partial charge in [0, 0.05) is 12.1 Å². The molecule has 96 valence electrons. The standard InChI is InChI=1S/C15H25NO/c1-6-15(11(2)3)16-12(4)13-8-7-9-14(10-13)17-5/h7-12,15-16H,6H2,1-5H3/t12-,15?/m0/s1. The molecule has 0 heterocycles. The van der Waals surface area contributed by atoms with Crippen molar-refractivity contribution in [1.82, 2.24) is 5.32 Å². The van der Waals surface area contributed by atoms with Gasteiger partial charge in [0.25, 0.3) is 0 Å². The molecule has 1 unspecified atom stereocenters. The van der Waals surface area contributed by atoms with E-state index in [0.29, 0.717) is 18.0 Å². The third-order valence-electron chi connectivity index (χ3n) is 3.30.